The number of carbonyl (C=O) groups is 1. The number of amides is 1. The molecule has 4 rings (SSSR count). The Bertz CT molecular complexity index is 1120. The second-order valence-corrected chi connectivity index (χ2v) is 6.74. The molecule has 0 spiro atoms. The molecule has 0 N–H and O–H groups in total. The zero-order valence-corrected chi connectivity index (χ0v) is 15.4. The van der Waals surface area contributed by atoms with Crippen molar-refractivity contribution in [1.29, 1.82) is 0 Å². The Morgan fingerprint density at radius 2 is 1.83 bits per heavy atom. The number of alkyl halides is 3. The van der Waals surface area contributed by atoms with Gasteiger partial charge in [-0.15, -0.1) is 0 Å². The van der Waals surface area contributed by atoms with Crippen molar-refractivity contribution in [1.82, 2.24) is 4.98 Å². The third kappa shape index (κ3) is 3.76. The van der Waals surface area contributed by atoms with Gasteiger partial charge in [-0.1, -0.05) is 24.3 Å². The van der Waals surface area contributed by atoms with E-state index in [-0.39, 0.29) is 23.9 Å². The minimum atomic E-state index is -4.48. The fraction of sp³-hybridized carbons (Fsp3) is 0.136. The van der Waals surface area contributed by atoms with Crippen LogP contribution in [0.1, 0.15) is 22.4 Å². The molecule has 0 fully saturated rings. The van der Waals surface area contributed by atoms with E-state index in [1.54, 1.807) is 35.4 Å². The maximum absolute atomic E-state index is 13.1. The van der Waals surface area contributed by atoms with E-state index >= 15 is 0 Å². The Kier molecular flexibility index (Phi) is 4.66. The summed E-state index contributed by atoms with van der Waals surface area (Å²) in [4.78, 5) is 23.2. The van der Waals surface area contributed by atoms with Crippen LogP contribution >= 0.6 is 0 Å². The van der Waals surface area contributed by atoms with Crippen LogP contribution in [0.5, 0.6) is 0 Å². The van der Waals surface area contributed by atoms with Crippen molar-refractivity contribution in [3.63, 3.8) is 0 Å². The number of aromatic nitrogens is 1. The predicted molar refractivity (Wildman–Crippen MR) is 104 cm³/mol. The molecular weight excluding hydrogens is 379 g/mol. The summed E-state index contributed by atoms with van der Waals surface area (Å²) in [5.74, 6) is -0.369. The lowest BCUT2D eigenvalue weighted by Gasteiger charge is -2.16. The number of hydrogen-bond acceptors (Lipinski definition) is 3. The van der Waals surface area contributed by atoms with Gasteiger partial charge in [-0.25, -0.2) is 4.99 Å². The van der Waals surface area contributed by atoms with Gasteiger partial charge < -0.3 is 4.90 Å². The molecule has 0 saturated carbocycles. The number of hydrogen-bond donors (Lipinski definition) is 0. The molecule has 1 aliphatic rings. The van der Waals surface area contributed by atoms with E-state index in [1.165, 1.54) is 12.1 Å². The summed E-state index contributed by atoms with van der Waals surface area (Å²) in [6, 6.07) is 15.5. The first-order valence-corrected chi connectivity index (χ1v) is 8.92. The average Bonchev–Trinajstić information content (AvgIpc) is 2.94. The lowest BCUT2D eigenvalue weighted by molar-refractivity contribution is -0.137. The summed E-state index contributed by atoms with van der Waals surface area (Å²) < 4.78 is 39.0. The van der Waals surface area contributed by atoms with Gasteiger partial charge in [-0.2, -0.15) is 13.2 Å². The van der Waals surface area contributed by atoms with Crippen molar-refractivity contribution in [2.24, 2.45) is 4.99 Å². The standard InChI is InChI=1S/C22H16F3N3O/c1-14-9-10-26-17(11-14)13-28-19-8-3-2-7-18(19)20(21(28)29)27-16-6-4-5-15(12-16)22(23,24)25/h2-12H,13H2,1H3. The molecule has 1 amide bonds. The van der Waals surface area contributed by atoms with Gasteiger partial charge >= 0.3 is 6.18 Å². The molecule has 0 bridgehead atoms. The number of aliphatic imine (C=N–C) groups is 1. The van der Waals surface area contributed by atoms with Crippen molar-refractivity contribution in [2.75, 3.05) is 4.90 Å². The topological polar surface area (TPSA) is 45.6 Å². The van der Waals surface area contributed by atoms with Crippen molar-refractivity contribution in [3.8, 4) is 0 Å². The van der Waals surface area contributed by atoms with Gasteiger partial charge in [0.2, 0.25) is 0 Å². The first-order valence-electron chi connectivity index (χ1n) is 8.92. The summed E-state index contributed by atoms with van der Waals surface area (Å²) >= 11 is 0. The van der Waals surface area contributed by atoms with Crippen LogP contribution < -0.4 is 4.90 Å². The first-order chi connectivity index (χ1) is 13.8. The number of pyridine rings is 1. The van der Waals surface area contributed by atoms with E-state index in [2.05, 4.69) is 9.98 Å². The number of halogens is 3. The summed E-state index contributed by atoms with van der Waals surface area (Å²) in [5.41, 5.74) is 2.37. The van der Waals surface area contributed by atoms with Crippen LogP contribution in [0.3, 0.4) is 0 Å². The Morgan fingerprint density at radius 1 is 1.03 bits per heavy atom. The number of anilines is 1. The molecule has 1 aromatic heterocycles. The Labute approximate surface area is 165 Å². The van der Waals surface area contributed by atoms with Crippen LogP contribution in [0.2, 0.25) is 0 Å². The second-order valence-electron chi connectivity index (χ2n) is 6.74. The molecule has 7 heteroatoms. The zero-order valence-electron chi connectivity index (χ0n) is 15.4. The van der Waals surface area contributed by atoms with Crippen LogP contribution in [0.25, 0.3) is 0 Å². The fourth-order valence-electron chi connectivity index (χ4n) is 3.25. The highest BCUT2D eigenvalue weighted by atomic mass is 19.4. The molecule has 0 aliphatic carbocycles. The number of benzene rings is 2. The molecule has 1 aliphatic heterocycles. The van der Waals surface area contributed by atoms with E-state index in [0.29, 0.717) is 16.9 Å². The van der Waals surface area contributed by atoms with Gasteiger partial charge in [0.25, 0.3) is 5.91 Å². The molecule has 2 heterocycles. The van der Waals surface area contributed by atoms with Crippen LogP contribution in [-0.2, 0) is 17.5 Å². The zero-order chi connectivity index (χ0) is 20.6. The number of para-hydroxylation sites is 1. The van der Waals surface area contributed by atoms with Crippen LogP contribution in [0.15, 0.2) is 71.9 Å². The molecule has 146 valence electrons. The Morgan fingerprint density at radius 3 is 2.59 bits per heavy atom. The Hall–Kier alpha value is -3.48. The van der Waals surface area contributed by atoms with Gasteiger partial charge in [-0.05, 0) is 48.9 Å². The lowest BCUT2D eigenvalue weighted by atomic mass is 10.1. The third-order valence-corrected chi connectivity index (χ3v) is 4.60. The van der Waals surface area contributed by atoms with Gasteiger partial charge in [0, 0.05) is 11.8 Å². The third-order valence-electron chi connectivity index (χ3n) is 4.60. The second kappa shape index (κ2) is 7.16. The number of rotatable bonds is 3. The van der Waals surface area contributed by atoms with Crippen LogP contribution in [-0.4, -0.2) is 16.6 Å². The fourth-order valence-corrected chi connectivity index (χ4v) is 3.25. The smallest absolute Gasteiger partial charge is 0.300 e. The SMILES string of the molecule is Cc1ccnc(CN2C(=O)C(=Nc3cccc(C(F)(F)F)c3)c3ccccc32)c1. The molecule has 4 nitrogen and oxygen atoms in total. The van der Waals surface area contributed by atoms with Crippen molar-refractivity contribution in [3.05, 3.63) is 89.2 Å². The van der Waals surface area contributed by atoms with Gasteiger partial charge in [0.1, 0.15) is 5.71 Å². The highest BCUT2D eigenvalue weighted by Crippen LogP contribution is 2.34. The molecule has 0 saturated heterocycles. The van der Waals surface area contributed by atoms with Crippen LogP contribution in [0.4, 0.5) is 24.5 Å². The summed E-state index contributed by atoms with van der Waals surface area (Å²) in [6.45, 7) is 2.19. The predicted octanol–water partition coefficient (Wildman–Crippen LogP) is 5.08. The highest BCUT2D eigenvalue weighted by molar-refractivity contribution is 6.54. The minimum absolute atomic E-state index is 0.0773. The van der Waals surface area contributed by atoms with Gasteiger partial charge in [0.05, 0.1) is 29.2 Å². The molecular formula is C22H16F3N3O. The maximum atomic E-state index is 13.1. The first kappa shape index (κ1) is 18.9. The molecule has 3 aromatic rings. The van der Waals surface area contributed by atoms with E-state index < -0.39 is 11.7 Å². The molecule has 0 radical (unpaired) electrons. The van der Waals surface area contributed by atoms with E-state index in [1.807, 2.05) is 19.1 Å². The van der Waals surface area contributed by atoms with Crippen molar-refractivity contribution in [2.45, 2.75) is 19.6 Å². The summed E-state index contributed by atoms with van der Waals surface area (Å²) in [5, 5.41) is 0. The largest absolute Gasteiger partial charge is 0.416 e. The van der Waals surface area contributed by atoms with E-state index in [9.17, 15) is 18.0 Å². The van der Waals surface area contributed by atoms with E-state index in [4.69, 9.17) is 0 Å². The van der Waals surface area contributed by atoms with Crippen molar-refractivity contribution >= 4 is 23.0 Å². The maximum Gasteiger partial charge on any atom is 0.416 e. The minimum Gasteiger partial charge on any atom is -0.300 e. The molecule has 29 heavy (non-hydrogen) atoms. The number of nitrogens with zero attached hydrogens (tertiary/aromatic N) is 3. The highest BCUT2D eigenvalue weighted by Gasteiger charge is 2.34. The number of fused-ring (bicyclic) bond motifs is 1. The Balaban J connectivity index is 1.74. The monoisotopic (exact) mass is 395 g/mol. The molecule has 2 aromatic carbocycles. The number of carbonyl (C=O) groups excluding carboxylic acids is 1. The quantitative estimate of drug-likeness (QED) is 0.621. The van der Waals surface area contributed by atoms with E-state index in [0.717, 1.165) is 17.7 Å². The average molecular weight is 395 g/mol. The van der Waals surface area contributed by atoms with Crippen molar-refractivity contribution < 1.29 is 18.0 Å². The molecule has 0 unspecified atom stereocenters. The van der Waals surface area contributed by atoms with Crippen LogP contribution in [0, 0.1) is 6.92 Å². The van der Waals surface area contributed by atoms with Gasteiger partial charge in [-0.3, -0.25) is 9.78 Å². The molecule has 0 atom stereocenters. The normalized spacial score (nSPS) is 15.1. The van der Waals surface area contributed by atoms with Gasteiger partial charge in [0.15, 0.2) is 0 Å². The summed E-state index contributed by atoms with van der Waals surface area (Å²) in [7, 11) is 0. The number of aryl methyl sites for hydroxylation is 1. The lowest BCUT2D eigenvalue weighted by Crippen LogP contribution is -2.29. The summed E-state index contributed by atoms with van der Waals surface area (Å²) in [6.07, 6.45) is -2.80.